The minimum Gasteiger partial charge on any atom is -0.313 e. The third-order valence-electron chi connectivity index (χ3n) is 4.79. The summed E-state index contributed by atoms with van der Waals surface area (Å²) in [5.74, 6) is 2.32. The molecule has 0 aliphatic heterocycles. The van der Waals surface area contributed by atoms with Crippen LogP contribution in [0.1, 0.15) is 61.3 Å². The number of rotatable bonds is 1. The SMILES string of the molecule is CNC1c2cccc3c2C(CCC3C)C1C. The summed E-state index contributed by atoms with van der Waals surface area (Å²) in [6, 6.07) is 7.50. The van der Waals surface area contributed by atoms with E-state index in [1.165, 1.54) is 12.8 Å². The predicted molar refractivity (Wildman–Crippen MR) is 67.8 cm³/mol. The maximum absolute atomic E-state index is 3.50. The molecule has 0 aromatic heterocycles. The fourth-order valence-corrected chi connectivity index (χ4v) is 3.92. The van der Waals surface area contributed by atoms with E-state index in [4.69, 9.17) is 0 Å². The van der Waals surface area contributed by atoms with Crippen LogP contribution in [0.2, 0.25) is 0 Å². The number of benzene rings is 1. The van der Waals surface area contributed by atoms with E-state index in [0.29, 0.717) is 6.04 Å². The van der Waals surface area contributed by atoms with E-state index in [1.807, 2.05) is 0 Å². The van der Waals surface area contributed by atoms with Crippen LogP contribution in [-0.2, 0) is 0 Å². The molecule has 0 saturated heterocycles. The van der Waals surface area contributed by atoms with Crippen LogP contribution >= 0.6 is 0 Å². The number of hydrogen-bond donors (Lipinski definition) is 1. The molecule has 2 aliphatic rings. The molecule has 3 rings (SSSR count). The molecular formula is C15H21N. The first-order valence-corrected chi connectivity index (χ1v) is 6.54. The zero-order valence-electron chi connectivity index (χ0n) is 10.5. The van der Waals surface area contributed by atoms with Gasteiger partial charge in [0.2, 0.25) is 0 Å². The first kappa shape index (κ1) is 10.3. The lowest BCUT2D eigenvalue weighted by Gasteiger charge is -2.29. The zero-order chi connectivity index (χ0) is 11.3. The fourth-order valence-electron chi connectivity index (χ4n) is 3.92. The van der Waals surface area contributed by atoms with Gasteiger partial charge in [0.1, 0.15) is 0 Å². The van der Waals surface area contributed by atoms with Gasteiger partial charge in [-0.2, -0.15) is 0 Å². The minimum atomic E-state index is 0.574. The molecule has 1 nitrogen and oxygen atoms in total. The van der Waals surface area contributed by atoms with Crippen LogP contribution in [-0.4, -0.2) is 7.05 Å². The average molecular weight is 215 g/mol. The predicted octanol–water partition coefficient (Wildman–Crippen LogP) is 3.58. The van der Waals surface area contributed by atoms with Crippen molar-refractivity contribution in [1.82, 2.24) is 5.32 Å². The quantitative estimate of drug-likeness (QED) is 0.755. The Hall–Kier alpha value is -0.820. The molecule has 0 amide bonds. The molecule has 0 radical (unpaired) electrons. The summed E-state index contributed by atoms with van der Waals surface area (Å²) >= 11 is 0. The van der Waals surface area contributed by atoms with Crippen LogP contribution < -0.4 is 5.32 Å². The van der Waals surface area contributed by atoms with E-state index in [0.717, 1.165) is 17.8 Å². The van der Waals surface area contributed by atoms with Crippen molar-refractivity contribution in [2.75, 3.05) is 7.05 Å². The van der Waals surface area contributed by atoms with E-state index in [9.17, 15) is 0 Å². The van der Waals surface area contributed by atoms with Gasteiger partial charge in [0.25, 0.3) is 0 Å². The van der Waals surface area contributed by atoms with Gasteiger partial charge in [0.15, 0.2) is 0 Å². The normalized spacial score (nSPS) is 36.2. The Bertz CT molecular complexity index is 410. The summed E-state index contributed by atoms with van der Waals surface area (Å²) in [7, 11) is 2.10. The van der Waals surface area contributed by atoms with E-state index in [1.54, 1.807) is 16.7 Å². The van der Waals surface area contributed by atoms with Crippen molar-refractivity contribution in [2.45, 2.75) is 44.6 Å². The Morgan fingerprint density at radius 1 is 1.12 bits per heavy atom. The number of hydrogen-bond acceptors (Lipinski definition) is 1. The highest BCUT2D eigenvalue weighted by Crippen LogP contribution is 2.53. The molecule has 86 valence electrons. The van der Waals surface area contributed by atoms with Crippen LogP contribution in [0.3, 0.4) is 0 Å². The van der Waals surface area contributed by atoms with Crippen LogP contribution in [0.15, 0.2) is 18.2 Å². The van der Waals surface area contributed by atoms with Crippen LogP contribution in [0.4, 0.5) is 0 Å². The van der Waals surface area contributed by atoms with E-state index in [2.05, 4.69) is 44.4 Å². The second-order valence-electron chi connectivity index (χ2n) is 5.56. The van der Waals surface area contributed by atoms with Gasteiger partial charge in [-0.1, -0.05) is 32.0 Å². The topological polar surface area (TPSA) is 12.0 Å². The smallest absolute Gasteiger partial charge is 0.0352 e. The van der Waals surface area contributed by atoms with Gasteiger partial charge in [-0.05, 0) is 54.3 Å². The van der Waals surface area contributed by atoms with Gasteiger partial charge < -0.3 is 5.32 Å². The molecule has 4 unspecified atom stereocenters. The summed E-state index contributed by atoms with van der Waals surface area (Å²) in [4.78, 5) is 0. The van der Waals surface area contributed by atoms with Gasteiger partial charge in [-0.15, -0.1) is 0 Å². The zero-order valence-corrected chi connectivity index (χ0v) is 10.5. The van der Waals surface area contributed by atoms with E-state index in [-0.39, 0.29) is 0 Å². The lowest BCUT2D eigenvalue weighted by atomic mass is 9.76. The van der Waals surface area contributed by atoms with Gasteiger partial charge in [-0.25, -0.2) is 0 Å². The highest BCUT2D eigenvalue weighted by Gasteiger charge is 2.40. The molecule has 1 aromatic carbocycles. The Morgan fingerprint density at radius 3 is 2.62 bits per heavy atom. The average Bonchev–Trinajstić information content (AvgIpc) is 2.57. The second kappa shape index (κ2) is 3.59. The van der Waals surface area contributed by atoms with Crippen LogP contribution in [0.25, 0.3) is 0 Å². The molecule has 1 heteroatoms. The van der Waals surface area contributed by atoms with Crippen LogP contribution in [0, 0.1) is 5.92 Å². The van der Waals surface area contributed by atoms with E-state index >= 15 is 0 Å². The molecule has 16 heavy (non-hydrogen) atoms. The molecule has 0 heterocycles. The molecule has 0 spiro atoms. The Labute approximate surface area is 98.3 Å². The first-order valence-electron chi connectivity index (χ1n) is 6.54. The van der Waals surface area contributed by atoms with E-state index < -0.39 is 0 Å². The first-order chi connectivity index (χ1) is 7.74. The molecule has 0 bridgehead atoms. The van der Waals surface area contributed by atoms with Gasteiger partial charge in [0.05, 0.1) is 0 Å². The van der Waals surface area contributed by atoms with Gasteiger partial charge in [-0.3, -0.25) is 0 Å². The monoisotopic (exact) mass is 215 g/mol. The van der Waals surface area contributed by atoms with Crippen molar-refractivity contribution in [3.63, 3.8) is 0 Å². The lowest BCUT2D eigenvalue weighted by Crippen LogP contribution is -2.21. The molecule has 2 aliphatic carbocycles. The molecule has 0 saturated carbocycles. The maximum Gasteiger partial charge on any atom is 0.0352 e. The van der Waals surface area contributed by atoms with Crippen LogP contribution in [0.5, 0.6) is 0 Å². The molecule has 1 N–H and O–H groups in total. The summed E-state index contributed by atoms with van der Waals surface area (Å²) < 4.78 is 0. The number of nitrogens with one attached hydrogen (secondary N) is 1. The lowest BCUT2D eigenvalue weighted by molar-refractivity contribution is 0.352. The highest BCUT2D eigenvalue weighted by molar-refractivity contribution is 5.47. The summed E-state index contributed by atoms with van der Waals surface area (Å²) in [6.45, 7) is 4.79. The standard InChI is InChI=1S/C15H21N/c1-9-7-8-12-10(2)15(16-3)13-6-4-5-11(9)14(12)13/h4-6,9-10,12,15-16H,7-8H2,1-3H3. The van der Waals surface area contributed by atoms with Crippen molar-refractivity contribution in [3.8, 4) is 0 Å². The third kappa shape index (κ3) is 1.21. The molecule has 4 atom stereocenters. The van der Waals surface area contributed by atoms with Crippen molar-refractivity contribution >= 4 is 0 Å². The van der Waals surface area contributed by atoms with Gasteiger partial charge in [0, 0.05) is 6.04 Å². The molecule has 0 fully saturated rings. The fraction of sp³-hybridized carbons (Fsp3) is 0.600. The Balaban J connectivity index is 2.18. The highest BCUT2D eigenvalue weighted by atomic mass is 14.9. The summed E-state index contributed by atoms with van der Waals surface area (Å²) in [6.07, 6.45) is 2.74. The van der Waals surface area contributed by atoms with Crippen molar-refractivity contribution in [2.24, 2.45) is 5.92 Å². The Morgan fingerprint density at radius 2 is 1.88 bits per heavy atom. The second-order valence-corrected chi connectivity index (χ2v) is 5.56. The molecular weight excluding hydrogens is 194 g/mol. The summed E-state index contributed by atoms with van der Waals surface area (Å²) in [5.41, 5.74) is 4.88. The third-order valence-corrected chi connectivity index (χ3v) is 4.79. The van der Waals surface area contributed by atoms with Crippen molar-refractivity contribution < 1.29 is 0 Å². The minimum absolute atomic E-state index is 0.574. The maximum atomic E-state index is 3.50. The van der Waals surface area contributed by atoms with Gasteiger partial charge >= 0.3 is 0 Å². The van der Waals surface area contributed by atoms with Crippen molar-refractivity contribution in [1.29, 1.82) is 0 Å². The summed E-state index contributed by atoms with van der Waals surface area (Å²) in [5, 5.41) is 3.50. The largest absolute Gasteiger partial charge is 0.313 e. The van der Waals surface area contributed by atoms with Crippen molar-refractivity contribution in [3.05, 3.63) is 34.9 Å². The Kier molecular flexibility index (Phi) is 2.32. The molecule has 1 aromatic rings.